The Balaban J connectivity index is 1.31. The Morgan fingerprint density at radius 1 is 1.00 bits per heavy atom. The number of nitro groups is 1. The van der Waals surface area contributed by atoms with Gasteiger partial charge in [-0.2, -0.15) is 0 Å². The number of carbonyl (C=O) groups excluding carboxylic acids is 1. The van der Waals surface area contributed by atoms with Gasteiger partial charge in [0.1, 0.15) is 17.3 Å². The number of carbonyl (C=O) groups is 1. The van der Waals surface area contributed by atoms with Crippen LogP contribution in [0.5, 0.6) is 11.5 Å². The molecule has 1 aliphatic rings. The number of amides is 1. The highest BCUT2D eigenvalue weighted by molar-refractivity contribution is 6.04. The first-order valence-corrected chi connectivity index (χ1v) is 11.2. The fraction of sp³-hybridized carbons (Fsp3) is 0.280. The SMILES string of the molecule is COc1cc(OC)cc(C(=O)Nc2ccc(N3CCN(Cc4ccc([N+](=O)[O-])cc4)CC3)nc2)c1. The van der Waals surface area contributed by atoms with Gasteiger partial charge in [-0.05, 0) is 29.8 Å². The van der Waals surface area contributed by atoms with E-state index in [9.17, 15) is 14.9 Å². The number of hydrogen-bond donors (Lipinski definition) is 1. The summed E-state index contributed by atoms with van der Waals surface area (Å²) in [5, 5.41) is 13.7. The summed E-state index contributed by atoms with van der Waals surface area (Å²) in [6.45, 7) is 4.09. The maximum absolute atomic E-state index is 12.7. The zero-order valence-corrected chi connectivity index (χ0v) is 19.6. The van der Waals surface area contributed by atoms with Crippen molar-refractivity contribution in [1.29, 1.82) is 0 Å². The summed E-state index contributed by atoms with van der Waals surface area (Å²) in [4.78, 5) is 32.1. The molecule has 35 heavy (non-hydrogen) atoms. The molecular weight excluding hydrogens is 450 g/mol. The molecule has 0 bridgehead atoms. The van der Waals surface area contributed by atoms with E-state index >= 15 is 0 Å². The highest BCUT2D eigenvalue weighted by Gasteiger charge is 2.19. The summed E-state index contributed by atoms with van der Waals surface area (Å²) in [7, 11) is 3.07. The predicted molar refractivity (Wildman–Crippen MR) is 132 cm³/mol. The summed E-state index contributed by atoms with van der Waals surface area (Å²) in [5.74, 6) is 1.64. The minimum atomic E-state index is -0.387. The molecule has 1 amide bonds. The smallest absolute Gasteiger partial charge is 0.269 e. The molecule has 10 heteroatoms. The van der Waals surface area contributed by atoms with Gasteiger partial charge in [-0.3, -0.25) is 19.8 Å². The first kappa shape index (κ1) is 24.0. The molecule has 182 valence electrons. The predicted octanol–water partition coefficient (Wildman–Crippen LogP) is 3.58. The number of piperazine rings is 1. The fourth-order valence-corrected chi connectivity index (χ4v) is 3.91. The number of nitro benzene ring substituents is 1. The van der Waals surface area contributed by atoms with E-state index in [4.69, 9.17) is 9.47 Å². The molecule has 0 radical (unpaired) electrons. The Morgan fingerprint density at radius 2 is 1.66 bits per heavy atom. The van der Waals surface area contributed by atoms with Crippen LogP contribution in [0.3, 0.4) is 0 Å². The molecular formula is C25H27N5O5. The number of methoxy groups -OCH3 is 2. The van der Waals surface area contributed by atoms with Crippen LogP contribution in [0.1, 0.15) is 15.9 Å². The third-order valence-corrected chi connectivity index (χ3v) is 5.87. The third-order valence-electron chi connectivity index (χ3n) is 5.87. The van der Waals surface area contributed by atoms with Gasteiger partial charge < -0.3 is 19.7 Å². The van der Waals surface area contributed by atoms with Crippen molar-refractivity contribution in [2.45, 2.75) is 6.54 Å². The van der Waals surface area contributed by atoms with Gasteiger partial charge in [-0.1, -0.05) is 12.1 Å². The average molecular weight is 478 g/mol. The molecule has 10 nitrogen and oxygen atoms in total. The van der Waals surface area contributed by atoms with E-state index in [0.717, 1.165) is 44.1 Å². The number of aromatic nitrogens is 1. The molecule has 1 saturated heterocycles. The normalized spacial score (nSPS) is 13.8. The number of nitrogens with one attached hydrogen (secondary N) is 1. The Bertz CT molecular complexity index is 1150. The second-order valence-electron chi connectivity index (χ2n) is 8.15. The lowest BCUT2D eigenvalue weighted by atomic mass is 10.1. The summed E-state index contributed by atoms with van der Waals surface area (Å²) < 4.78 is 10.5. The van der Waals surface area contributed by atoms with Crippen molar-refractivity contribution in [3.8, 4) is 11.5 Å². The minimum Gasteiger partial charge on any atom is -0.497 e. The largest absolute Gasteiger partial charge is 0.497 e. The van der Waals surface area contributed by atoms with Crippen molar-refractivity contribution in [3.63, 3.8) is 0 Å². The molecule has 0 spiro atoms. The van der Waals surface area contributed by atoms with Gasteiger partial charge in [0.25, 0.3) is 11.6 Å². The minimum absolute atomic E-state index is 0.104. The maximum Gasteiger partial charge on any atom is 0.269 e. The second-order valence-corrected chi connectivity index (χ2v) is 8.15. The zero-order valence-electron chi connectivity index (χ0n) is 19.6. The first-order chi connectivity index (χ1) is 16.9. The van der Waals surface area contributed by atoms with Crippen molar-refractivity contribution in [1.82, 2.24) is 9.88 Å². The van der Waals surface area contributed by atoms with Crippen LogP contribution in [-0.2, 0) is 6.54 Å². The highest BCUT2D eigenvalue weighted by atomic mass is 16.6. The zero-order chi connectivity index (χ0) is 24.8. The Hall–Kier alpha value is -4.18. The Kier molecular flexibility index (Phi) is 7.41. The fourth-order valence-electron chi connectivity index (χ4n) is 3.91. The number of nitrogens with zero attached hydrogens (tertiary/aromatic N) is 4. The Labute approximate surface area is 203 Å². The quantitative estimate of drug-likeness (QED) is 0.387. The van der Waals surface area contributed by atoms with Crippen LogP contribution in [-0.4, -0.2) is 61.1 Å². The van der Waals surface area contributed by atoms with Crippen LogP contribution in [0, 0.1) is 10.1 Å². The number of benzene rings is 2. The maximum atomic E-state index is 12.7. The van der Waals surface area contributed by atoms with Crippen molar-refractivity contribution < 1.29 is 19.2 Å². The number of anilines is 2. The summed E-state index contributed by atoms with van der Waals surface area (Å²) in [6.07, 6.45) is 1.65. The summed E-state index contributed by atoms with van der Waals surface area (Å²) in [5.41, 5.74) is 2.18. The molecule has 4 rings (SSSR count). The van der Waals surface area contributed by atoms with Gasteiger partial charge in [0, 0.05) is 56.5 Å². The molecule has 0 unspecified atom stereocenters. The van der Waals surface area contributed by atoms with Crippen molar-refractivity contribution >= 4 is 23.1 Å². The average Bonchev–Trinajstić information content (AvgIpc) is 2.89. The van der Waals surface area contributed by atoms with Crippen LogP contribution in [0.25, 0.3) is 0 Å². The number of pyridine rings is 1. The lowest BCUT2D eigenvalue weighted by Crippen LogP contribution is -2.46. The van der Waals surface area contributed by atoms with Crippen molar-refractivity contribution in [2.24, 2.45) is 0 Å². The molecule has 0 aliphatic carbocycles. The van der Waals surface area contributed by atoms with E-state index in [1.165, 1.54) is 14.2 Å². The Morgan fingerprint density at radius 3 is 2.20 bits per heavy atom. The highest BCUT2D eigenvalue weighted by Crippen LogP contribution is 2.24. The van der Waals surface area contributed by atoms with Gasteiger partial charge in [-0.15, -0.1) is 0 Å². The van der Waals surface area contributed by atoms with Gasteiger partial charge in [0.15, 0.2) is 0 Å². The van der Waals surface area contributed by atoms with Gasteiger partial charge in [0.05, 0.1) is 31.0 Å². The number of hydrogen-bond acceptors (Lipinski definition) is 8. The molecule has 2 heterocycles. The van der Waals surface area contributed by atoms with Crippen LogP contribution in [0.2, 0.25) is 0 Å². The molecule has 2 aromatic carbocycles. The van der Waals surface area contributed by atoms with Crippen LogP contribution in [0.4, 0.5) is 17.2 Å². The van der Waals surface area contributed by atoms with E-state index in [1.807, 2.05) is 12.1 Å². The van der Waals surface area contributed by atoms with Crippen molar-refractivity contribution in [3.05, 3.63) is 82.0 Å². The van der Waals surface area contributed by atoms with Gasteiger partial charge in [0.2, 0.25) is 0 Å². The van der Waals surface area contributed by atoms with E-state index in [1.54, 1.807) is 48.7 Å². The van der Waals surface area contributed by atoms with E-state index in [-0.39, 0.29) is 16.5 Å². The summed E-state index contributed by atoms with van der Waals surface area (Å²) in [6, 6.07) is 15.4. The first-order valence-electron chi connectivity index (χ1n) is 11.2. The molecule has 1 fully saturated rings. The molecule has 1 N–H and O–H groups in total. The van der Waals surface area contributed by atoms with E-state index in [2.05, 4.69) is 20.1 Å². The molecule has 0 atom stereocenters. The van der Waals surface area contributed by atoms with Crippen molar-refractivity contribution in [2.75, 3.05) is 50.6 Å². The van der Waals surface area contributed by atoms with E-state index in [0.29, 0.717) is 22.7 Å². The number of rotatable bonds is 8. The number of ether oxygens (including phenoxy) is 2. The number of non-ortho nitro benzene ring substituents is 1. The molecule has 0 saturated carbocycles. The third kappa shape index (κ3) is 6.04. The molecule has 1 aliphatic heterocycles. The molecule has 1 aromatic heterocycles. The van der Waals surface area contributed by atoms with Crippen LogP contribution < -0.4 is 19.7 Å². The topological polar surface area (TPSA) is 110 Å². The lowest BCUT2D eigenvalue weighted by molar-refractivity contribution is -0.384. The molecule has 3 aromatic rings. The van der Waals surface area contributed by atoms with Crippen LogP contribution >= 0.6 is 0 Å². The van der Waals surface area contributed by atoms with E-state index < -0.39 is 0 Å². The standard InChI is InChI=1S/C25H27N5O5/c1-34-22-13-19(14-23(15-22)35-2)25(31)27-20-5-8-24(26-16-20)29-11-9-28(10-12-29)17-18-3-6-21(7-4-18)30(32)33/h3-8,13-16H,9-12,17H2,1-2H3,(H,27,31). The second kappa shape index (κ2) is 10.8. The van der Waals surface area contributed by atoms with Crippen LogP contribution in [0.15, 0.2) is 60.8 Å². The van der Waals surface area contributed by atoms with Gasteiger partial charge >= 0.3 is 0 Å². The summed E-state index contributed by atoms with van der Waals surface area (Å²) >= 11 is 0. The van der Waals surface area contributed by atoms with Gasteiger partial charge in [-0.25, -0.2) is 4.98 Å². The monoisotopic (exact) mass is 477 g/mol. The lowest BCUT2D eigenvalue weighted by Gasteiger charge is -2.35.